The van der Waals surface area contributed by atoms with E-state index in [9.17, 15) is 19.5 Å². The number of rotatable bonds is 10. The number of aliphatic hydroxyl groups excluding tert-OH is 1. The molecule has 0 saturated carbocycles. The minimum Gasteiger partial charge on any atom is -0.448 e. The number of aliphatic hydroxyl groups is 1. The van der Waals surface area contributed by atoms with Crippen molar-refractivity contribution >= 4 is 30.4 Å². The average Bonchev–Trinajstić information content (AvgIpc) is 2.64. The van der Waals surface area contributed by atoms with Crippen molar-refractivity contribution < 1.29 is 24.2 Å². The number of nitrogens with one attached hydrogen (secondary N) is 2. The molecule has 0 aliphatic heterocycles. The first kappa shape index (κ1) is 21.9. The maximum Gasteiger partial charge on any atom is 0.340 e. The number of nitrogens with zero attached hydrogens (tertiary/aromatic N) is 1. The zero-order valence-electron chi connectivity index (χ0n) is 14.9. The maximum absolute atomic E-state index is 12.5. The molecule has 1 atom stereocenters. The number of pyridine rings is 1. The zero-order valence-corrected chi connectivity index (χ0v) is 15.8. The second-order valence-corrected chi connectivity index (χ2v) is 6.74. The first-order valence-electron chi connectivity index (χ1n) is 8.19. The number of carbonyl (C=O) groups excluding carboxylic acids is 3. The van der Waals surface area contributed by atoms with Gasteiger partial charge in [0.25, 0.3) is 5.91 Å². The third kappa shape index (κ3) is 7.01. The topological polar surface area (TPSA) is 118 Å². The zero-order chi connectivity index (χ0) is 19.6. The molecule has 0 aliphatic rings. The van der Waals surface area contributed by atoms with Crippen LogP contribution < -0.4 is 10.6 Å². The molecule has 9 heteroatoms. The lowest BCUT2D eigenvalue weighted by atomic mass is 9.86. The van der Waals surface area contributed by atoms with E-state index in [0.29, 0.717) is 12.3 Å². The molecule has 1 aromatic rings. The lowest BCUT2D eigenvalue weighted by Gasteiger charge is -2.30. The van der Waals surface area contributed by atoms with Gasteiger partial charge in [0, 0.05) is 43.1 Å². The van der Waals surface area contributed by atoms with Crippen LogP contribution in [0.3, 0.4) is 0 Å². The number of amides is 2. The second kappa shape index (κ2) is 10.8. The van der Waals surface area contributed by atoms with Crippen molar-refractivity contribution in [3.8, 4) is 0 Å². The summed E-state index contributed by atoms with van der Waals surface area (Å²) < 4.78 is 5.31. The van der Waals surface area contributed by atoms with Gasteiger partial charge in [-0.15, -0.1) is 0 Å². The summed E-state index contributed by atoms with van der Waals surface area (Å²) in [6.45, 7) is 3.37. The summed E-state index contributed by atoms with van der Waals surface area (Å²) in [6.07, 6.45) is 1.70. The summed E-state index contributed by atoms with van der Waals surface area (Å²) >= 11 is 3.99. The maximum atomic E-state index is 12.5. The lowest BCUT2D eigenvalue weighted by molar-refractivity contribution is -0.138. The molecular formula is C17H25N3O5S. The Morgan fingerprint density at radius 3 is 2.62 bits per heavy atom. The molecule has 1 rings (SSSR count). The Bertz CT molecular complexity index is 610. The van der Waals surface area contributed by atoms with Gasteiger partial charge in [0.05, 0.1) is 12.2 Å². The van der Waals surface area contributed by atoms with Crippen LogP contribution in [-0.4, -0.2) is 59.4 Å². The molecule has 8 nitrogen and oxygen atoms in total. The summed E-state index contributed by atoms with van der Waals surface area (Å²) in [6, 6.07) is 3.09. The number of ether oxygens (including phenoxy) is 1. The molecule has 3 N–H and O–H groups in total. The van der Waals surface area contributed by atoms with Gasteiger partial charge in [0.1, 0.15) is 0 Å². The van der Waals surface area contributed by atoms with Gasteiger partial charge in [-0.3, -0.25) is 14.6 Å². The van der Waals surface area contributed by atoms with Crippen molar-refractivity contribution in [2.75, 3.05) is 25.4 Å². The molecule has 0 radical (unpaired) electrons. The van der Waals surface area contributed by atoms with Gasteiger partial charge in [0.15, 0.2) is 6.10 Å². The molecule has 1 heterocycles. The van der Waals surface area contributed by atoms with Crippen LogP contribution >= 0.6 is 12.6 Å². The lowest BCUT2D eigenvalue weighted by Crippen LogP contribution is -2.48. The third-order valence-corrected chi connectivity index (χ3v) is 3.79. The Hall–Kier alpha value is -2.13. The van der Waals surface area contributed by atoms with Crippen molar-refractivity contribution in [2.45, 2.75) is 26.4 Å². The van der Waals surface area contributed by atoms with Crippen molar-refractivity contribution in [1.82, 2.24) is 15.6 Å². The molecule has 0 aromatic carbocycles. The Morgan fingerprint density at radius 2 is 2.04 bits per heavy atom. The van der Waals surface area contributed by atoms with Crippen molar-refractivity contribution in [3.63, 3.8) is 0 Å². The van der Waals surface area contributed by atoms with Gasteiger partial charge in [-0.05, 0) is 12.1 Å². The molecule has 0 unspecified atom stereocenters. The van der Waals surface area contributed by atoms with E-state index in [-0.39, 0.29) is 31.0 Å². The Balaban J connectivity index is 2.70. The average molecular weight is 383 g/mol. The van der Waals surface area contributed by atoms with E-state index in [1.54, 1.807) is 19.9 Å². The second-order valence-electron chi connectivity index (χ2n) is 6.29. The molecule has 0 bridgehead atoms. The van der Waals surface area contributed by atoms with Crippen LogP contribution in [0, 0.1) is 5.41 Å². The van der Waals surface area contributed by atoms with Gasteiger partial charge >= 0.3 is 5.97 Å². The van der Waals surface area contributed by atoms with Crippen LogP contribution in [0.25, 0.3) is 0 Å². The molecule has 2 amide bonds. The molecule has 144 valence electrons. The van der Waals surface area contributed by atoms with Crippen LogP contribution in [0.1, 0.15) is 30.6 Å². The van der Waals surface area contributed by atoms with E-state index in [1.807, 2.05) is 0 Å². The standard InChI is InChI=1S/C17H25N3O5S/c1-17(2,11-21)14(25-16(24)12-4-3-6-18-10-12)15(23)20-7-5-13(22)19-8-9-26/h3-4,6,10,14,21,26H,5,7-9,11H2,1-2H3,(H,19,22)(H,20,23)/t14-/m0/s1. The highest BCUT2D eigenvalue weighted by atomic mass is 32.1. The van der Waals surface area contributed by atoms with Crippen molar-refractivity contribution in [3.05, 3.63) is 30.1 Å². The van der Waals surface area contributed by atoms with E-state index in [0.717, 1.165) is 0 Å². The smallest absolute Gasteiger partial charge is 0.340 e. The highest BCUT2D eigenvalue weighted by Gasteiger charge is 2.38. The molecule has 1 aromatic heterocycles. The molecule has 0 saturated heterocycles. The summed E-state index contributed by atoms with van der Waals surface area (Å²) in [5.74, 6) is -0.992. The predicted molar refractivity (Wildman–Crippen MR) is 98.8 cm³/mol. The fourth-order valence-corrected chi connectivity index (χ4v) is 2.10. The third-order valence-electron chi connectivity index (χ3n) is 3.56. The normalized spacial score (nSPS) is 12.2. The molecule has 0 fully saturated rings. The van der Waals surface area contributed by atoms with Crippen LogP contribution in [0.5, 0.6) is 0 Å². The van der Waals surface area contributed by atoms with Gasteiger partial charge in [0.2, 0.25) is 5.91 Å². The predicted octanol–water partition coefficient (Wildman–Crippen LogP) is 0.178. The minimum absolute atomic E-state index is 0.0830. The Morgan fingerprint density at radius 1 is 1.31 bits per heavy atom. The van der Waals surface area contributed by atoms with Crippen molar-refractivity contribution in [1.29, 1.82) is 0 Å². The van der Waals surface area contributed by atoms with Crippen LogP contribution in [0.15, 0.2) is 24.5 Å². The van der Waals surface area contributed by atoms with Gasteiger partial charge in [-0.25, -0.2) is 4.79 Å². The van der Waals surface area contributed by atoms with E-state index >= 15 is 0 Å². The summed E-state index contributed by atoms with van der Waals surface area (Å²) in [5.41, 5.74) is -0.804. The monoisotopic (exact) mass is 383 g/mol. The fourth-order valence-electron chi connectivity index (χ4n) is 1.99. The molecule has 0 aliphatic carbocycles. The van der Waals surface area contributed by atoms with Crippen LogP contribution in [-0.2, 0) is 14.3 Å². The van der Waals surface area contributed by atoms with Gasteiger partial charge in [-0.2, -0.15) is 12.6 Å². The first-order valence-corrected chi connectivity index (χ1v) is 8.82. The SMILES string of the molecule is CC(C)(CO)[C@@H](OC(=O)c1cccnc1)C(=O)NCCC(=O)NCCS. The number of hydrogen-bond acceptors (Lipinski definition) is 7. The number of aromatic nitrogens is 1. The quantitative estimate of drug-likeness (QED) is 0.338. The van der Waals surface area contributed by atoms with Crippen LogP contribution in [0.2, 0.25) is 0 Å². The minimum atomic E-state index is -1.22. The largest absolute Gasteiger partial charge is 0.448 e. The Labute approximate surface area is 158 Å². The van der Waals surface area contributed by atoms with Gasteiger partial charge in [-0.1, -0.05) is 13.8 Å². The molecule has 0 spiro atoms. The number of hydrogen-bond donors (Lipinski definition) is 4. The number of thiol groups is 1. The summed E-state index contributed by atoms with van der Waals surface area (Å²) in [7, 11) is 0. The number of carbonyl (C=O) groups is 3. The van der Waals surface area contributed by atoms with E-state index < -0.39 is 23.4 Å². The van der Waals surface area contributed by atoms with E-state index in [2.05, 4.69) is 28.2 Å². The van der Waals surface area contributed by atoms with E-state index in [1.165, 1.54) is 18.5 Å². The summed E-state index contributed by atoms with van der Waals surface area (Å²) in [5, 5.41) is 14.7. The summed E-state index contributed by atoms with van der Waals surface area (Å²) in [4.78, 5) is 40.1. The highest BCUT2D eigenvalue weighted by Crippen LogP contribution is 2.24. The molecule has 26 heavy (non-hydrogen) atoms. The Kier molecular flexibility index (Phi) is 9.08. The molecular weight excluding hydrogens is 358 g/mol. The number of esters is 1. The first-order chi connectivity index (χ1) is 12.3. The fraction of sp³-hybridized carbons (Fsp3) is 0.529. The van der Waals surface area contributed by atoms with Crippen LogP contribution in [0.4, 0.5) is 0 Å². The van der Waals surface area contributed by atoms with Crippen molar-refractivity contribution in [2.24, 2.45) is 5.41 Å². The van der Waals surface area contributed by atoms with Gasteiger partial charge < -0.3 is 20.5 Å². The highest BCUT2D eigenvalue weighted by molar-refractivity contribution is 7.80. The van der Waals surface area contributed by atoms with E-state index in [4.69, 9.17) is 4.74 Å².